The fourth-order valence-electron chi connectivity index (χ4n) is 2.32. The van der Waals surface area contributed by atoms with Gasteiger partial charge >= 0.3 is 6.03 Å². The first-order chi connectivity index (χ1) is 12.9. The summed E-state index contributed by atoms with van der Waals surface area (Å²) < 4.78 is 18.8. The third kappa shape index (κ3) is 7.77. The number of nitrogens with one attached hydrogen (secondary N) is 3. The van der Waals surface area contributed by atoms with Gasteiger partial charge in [0, 0.05) is 30.8 Å². The summed E-state index contributed by atoms with van der Waals surface area (Å²) in [7, 11) is 0. The van der Waals surface area contributed by atoms with Crippen LogP contribution < -0.4 is 20.7 Å². The Hall–Kier alpha value is -3.09. The van der Waals surface area contributed by atoms with Gasteiger partial charge in [-0.15, -0.1) is 0 Å². The third-order valence-corrected chi connectivity index (χ3v) is 3.47. The van der Waals surface area contributed by atoms with E-state index in [1.54, 1.807) is 36.4 Å². The summed E-state index contributed by atoms with van der Waals surface area (Å²) >= 11 is 0. The number of urea groups is 1. The number of amides is 3. The van der Waals surface area contributed by atoms with Crippen LogP contribution in [0.2, 0.25) is 0 Å². The summed E-state index contributed by atoms with van der Waals surface area (Å²) in [4.78, 5) is 23.4. The molecule has 0 aliphatic heterocycles. The number of rotatable bonds is 8. The molecule has 3 amide bonds. The van der Waals surface area contributed by atoms with Crippen LogP contribution in [0.25, 0.3) is 0 Å². The van der Waals surface area contributed by atoms with Gasteiger partial charge in [0.25, 0.3) is 0 Å². The fraction of sp³-hybridized carbons (Fsp3) is 0.300. The first kappa shape index (κ1) is 20.2. The van der Waals surface area contributed by atoms with Gasteiger partial charge in [0.05, 0.1) is 0 Å². The molecule has 0 atom stereocenters. The van der Waals surface area contributed by atoms with Crippen LogP contribution in [0.4, 0.5) is 14.9 Å². The molecule has 0 saturated heterocycles. The Morgan fingerprint density at radius 2 is 1.89 bits per heavy atom. The number of halogens is 1. The lowest BCUT2D eigenvalue weighted by molar-refractivity contribution is -0.121. The number of ether oxygens (including phenoxy) is 1. The van der Waals surface area contributed by atoms with E-state index >= 15 is 0 Å². The highest BCUT2D eigenvalue weighted by molar-refractivity contribution is 5.89. The zero-order chi connectivity index (χ0) is 19.6. The number of benzene rings is 2. The predicted octanol–water partition coefficient (Wildman–Crippen LogP) is 3.44. The smallest absolute Gasteiger partial charge is 0.319 e. The maximum atomic E-state index is 13.2. The third-order valence-electron chi connectivity index (χ3n) is 3.47. The Balaban J connectivity index is 1.79. The van der Waals surface area contributed by atoms with E-state index in [4.69, 9.17) is 4.74 Å². The summed E-state index contributed by atoms with van der Waals surface area (Å²) in [5, 5.41) is 8.06. The normalized spacial score (nSPS) is 10.4. The van der Waals surface area contributed by atoms with E-state index in [2.05, 4.69) is 16.0 Å². The van der Waals surface area contributed by atoms with Gasteiger partial charge in [-0.25, -0.2) is 9.18 Å². The van der Waals surface area contributed by atoms with Crippen molar-refractivity contribution in [2.45, 2.75) is 32.9 Å². The van der Waals surface area contributed by atoms with Crippen LogP contribution in [0.5, 0.6) is 5.75 Å². The molecule has 0 aromatic heterocycles. The van der Waals surface area contributed by atoms with Crippen LogP contribution in [0.3, 0.4) is 0 Å². The molecule has 0 heterocycles. The molecule has 0 spiro atoms. The second kappa shape index (κ2) is 10.2. The van der Waals surface area contributed by atoms with Crippen molar-refractivity contribution in [2.75, 3.05) is 11.9 Å². The van der Waals surface area contributed by atoms with E-state index in [9.17, 15) is 14.0 Å². The Bertz CT molecular complexity index is 781. The summed E-state index contributed by atoms with van der Waals surface area (Å²) in [6.07, 6.45) is 0.211. The lowest BCUT2D eigenvalue weighted by Gasteiger charge is -2.11. The van der Waals surface area contributed by atoms with Crippen LogP contribution in [0.1, 0.15) is 25.8 Å². The van der Waals surface area contributed by atoms with Crippen LogP contribution in [-0.2, 0) is 11.4 Å². The maximum absolute atomic E-state index is 13.2. The Morgan fingerprint density at radius 3 is 2.63 bits per heavy atom. The molecule has 2 rings (SSSR count). The Kier molecular flexibility index (Phi) is 7.61. The average Bonchev–Trinajstić information content (AvgIpc) is 2.60. The molecule has 3 N–H and O–H groups in total. The molecule has 6 nitrogen and oxygen atoms in total. The molecule has 0 fully saturated rings. The molecule has 7 heteroatoms. The minimum absolute atomic E-state index is 0.0708. The molecule has 0 radical (unpaired) electrons. The van der Waals surface area contributed by atoms with Gasteiger partial charge in [-0.3, -0.25) is 4.79 Å². The SMILES string of the molecule is CC(C)NC(=O)CCNC(=O)Nc1cccc(OCc2cccc(F)c2)c1. The molecule has 2 aromatic rings. The molecule has 0 saturated carbocycles. The van der Waals surface area contributed by atoms with Crippen molar-refractivity contribution in [3.8, 4) is 5.75 Å². The van der Waals surface area contributed by atoms with E-state index < -0.39 is 6.03 Å². The fourth-order valence-corrected chi connectivity index (χ4v) is 2.32. The highest BCUT2D eigenvalue weighted by atomic mass is 19.1. The lowest BCUT2D eigenvalue weighted by atomic mass is 10.2. The molecule has 0 unspecified atom stereocenters. The molecule has 144 valence electrons. The van der Waals surface area contributed by atoms with Crippen molar-refractivity contribution >= 4 is 17.6 Å². The van der Waals surface area contributed by atoms with E-state index in [0.29, 0.717) is 17.0 Å². The van der Waals surface area contributed by atoms with E-state index in [1.165, 1.54) is 12.1 Å². The summed E-state index contributed by atoms with van der Waals surface area (Å²) in [5.41, 5.74) is 1.27. The van der Waals surface area contributed by atoms with Crippen molar-refractivity contribution in [3.05, 3.63) is 59.9 Å². The van der Waals surface area contributed by atoms with Gasteiger partial charge in [-0.2, -0.15) is 0 Å². The highest BCUT2D eigenvalue weighted by Crippen LogP contribution is 2.18. The zero-order valence-corrected chi connectivity index (χ0v) is 15.4. The highest BCUT2D eigenvalue weighted by Gasteiger charge is 2.06. The number of hydrogen-bond acceptors (Lipinski definition) is 3. The van der Waals surface area contributed by atoms with E-state index in [-0.39, 0.29) is 37.3 Å². The van der Waals surface area contributed by atoms with Crippen molar-refractivity contribution in [2.24, 2.45) is 0 Å². The van der Waals surface area contributed by atoms with Crippen molar-refractivity contribution < 1.29 is 18.7 Å². The largest absolute Gasteiger partial charge is 0.489 e. The minimum Gasteiger partial charge on any atom is -0.489 e. The van der Waals surface area contributed by atoms with Crippen LogP contribution in [-0.4, -0.2) is 24.5 Å². The van der Waals surface area contributed by atoms with E-state index in [1.807, 2.05) is 13.8 Å². The van der Waals surface area contributed by atoms with Gasteiger partial charge < -0.3 is 20.7 Å². The summed E-state index contributed by atoms with van der Waals surface area (Å²) in [6, 6.07) is 12.7. The summed E-state index contributed by atoms with van der Waals surface area (Å²) in [6.45, 7) is 4.21. The van der Waals surface area contributed by atoms with Crippen LogP contribution in [0, 0.1) is 5.82 Å². The van der Waals surface area contributed by atoms with Gasteiger partial charge in [0.15, 0.2) is 0 Å². The second-order valence-electron chi connectivity index (χ2n) is 6.30. The molecule has 0 aliphatic carbocycles. The number of hydrogen-bond donors (Lipinski definition) is 3. The van der Waals surface area contributed by atoms with Gasteiger partial charge in [0.1, 0.15) is 18.2 Å². The number of carbonyl (C=O) groups is 2. The Morgan fingerprint density at radius 1 is 1.11 bits per heavy atom. The quantitative estimate of drug-likeness (QED) is 0.663. The minimum atomic E-state index is -0.408. The monoisotopic (exact) mass is 373 g/mol. The van der Waals surface area contributed by atoms with Gasteiger partial charge in [-0.05, 0) is 43.7 Å². The topological polar surface area (TPSA) is 79.5 Å². The standard InChI is InChI=1S/C20H24FN3O3/c1-14(2)23-19(25)9-10-22-20(26)24-17-7-4-8-18(12-17)27-13-15-5-3-6-16(21)11-15/h3-8,11-12,14H,9-10,13H2,1-2H3,(H,23,25)(H2,22,24,26). The van der Waals surface area contributed by atoms with Crippen LogP contribution in [0.15, 0.2) is 48.5 Å². The maximum Gasteiger partial charge on any atom is 0.319 e. The van der Waals surface area contributed by atoms with Crippen molar-refractivity contribution in [1.29, 1.82) is 0 Å². The molecule has 0 bridgehead atoms. The molecule has 0 aliphatic rings. The number of anilines is 1. The molecular formula is C20H24FN3O3. The molecule has 2 aromatic carbocycles. The predicted molar refractivity (Wildman–Crippen MR) is 102 cm³/mol. The molecular weight excluding hydrogens is 349 g/mol. The number of carbonyl (C=O) groups excluding carboxylic acids is 2. The van der Waals surface area contributed by atoms with Crippen LogP contribution >= 0.6 is 0 Å². The van der Waals surface area contributed by atoms with Crippen molar-refractivity contribution in [1.82, 2.24) is 10.6 Å². The van der Waals surface area contributed by atoms with E-state index in [0.717, 1.165) is 0 Å². The Labute approximate surface area is 158 Å². The van der Waals surface area contributed by atoms with Crippen molar-refractivity contribution in [3.63, 3.8) is 0 Å². The second-order valence-corrected chi connectivity index (χ2v) is 6.30. The average molecular weight is 373 g/mol. The van der Waals surface area contributed by atoms with Gasteiger partial charge in [0.2, 0.25) is 5.91 Å². The molecule has 27 heavy (non-hydrogen) atoms. The zero-order valence-electron chi connectivity index (χ0n) is 15.4. The first-order valence-electron chi connectivity index (χ1n) is 8.74. The van der Waals surface area contributed by atoms with Gasteiger partial charge in [-0.1, -0.05) is 18.2 Å². The lowest BCUT2D eigenvalue weighted by Crippen LogP contribution is -2.35. The summed E-state index contributed by atoms with van der Waals surface area (Å²) in [5.74, 6) is 0.122. The first-order valence-corrected chi connectivity index (χ1v) is 8.74.